The summed E-state index contributed by atoms with van der Waals surface area (Å²) >= 11 is 1.71. The van der Waals surface area contributed by atoms with E-state index in [4.69, 9.17) is 4.74 Å². The summed E-state index contributed by atoms with van der Waals surface area (Å²) < 4.78 is 5.80. The van der Waals surface area contributed by atoms with Crippen molar-refractivity contribution in [2.24, 2.45) is 0 Å². The van der Waals surface area contributed by atoms with Crippen molar-refractivity contribution >= 4 is 17.2 Å². The number of nitrogens with zero attached hydrogens (tertiary/aromatic N) is 1. The molecule has 1 aromatic carbocycles. The number of hydrogen-bond donors (Lipinski definition) is 0. The Hall–Kier alpha value is -1.65. The Kier molecular flexibility index (Phi) is 5.18. The Labute approximate surface area is 153 Å². The van der Waals surface area contributed by atoms with E-state index in [-0.39, 0.29) is 12.0 Å². The number of aryl methyl sites for hydroxylation is 2. The van der Waals surface area contributed by atoms with E-state index in [0.29, 0.717) is 13.1 Å². The number of hydrogen-bond acceptors (Lipinski definition) is 3. The van der Waals surface area contributed by atoms with E-state index in [1.54, 1.807) is 11.3 Å². The second-order valence-corrected chi connectivity index (χ2v) is 8.21. The van der Waals surface area contributed by atoms with E-state index in [1.807, 2.05) is 23.1 Å². The van der Waals surface area contributed by atoms with Crippen LogP contribution in [0.25, 0.3) is 0 Å². The number of ether oxygens (including phenoxy) is 1. The highest BCUT2D eigenvalue weighted by Gasteiger charge is 2.26. The molecule has 1 amide bonds. The highest BCUT2D eigenvalue weighted by Crippen LogP contribution is 2.31. The molecule has 2 aliphatic rings. The average molecular weight is 356 g/mol. The summed E-state index contributed by atoms with van der Waals surface area (Å²) in [6.45, 7) is 2.17. The van der Waals surface area contributed by atoms with Crippen molar-refractivity contribution < 1.29 is 9.53 Å². The minimum absolute atomic E-state index is 0.166. The molecule has 132 valence electrons. The minimum atomic E-state index is 0.166. The van der Waals surface area contributed by atoms with Crippen LogP contribution in [-0.2, 0) is 24.1 Å². The largest absolute Gasteiger partial charge is 0.376 e. The van der Waals surface area contributed by atoms with Gasteiger partial charge >= 0.3 is 0 Å². The van der Waals surface area contributed by atoms with Crippen molar-refractivity contribution in [3.8, 4) is 0 Å². The molecule has 0 spiro atoms. The number of fused-ring (bicyclic) bond motifs is 1. The molecule has 0 radical (unpaired) electrons. The fraction of sp³-hybridized carbons (Fsp3) is 0.476. The van der Waals surface area contributed by atoms with E-state index in [9.17, 15) is 4.79 Å². The second kappa shape index (κ2) is 7.71. The van der Waals surface area contributed by atoms with Crippen LogP contribution >= 0.6 is 11.3 Å². The fourth-order valence-corrected chi connectivity index (χ4v) is 5.03. The monoisotopic (exact) mass is 355 g/mol. The number of carbonyl (C=O) groups is 1. The molecule has 3 nitrogen and oxygen atoms in total. The zero-order valence-corrected chi connectivity index (χ0v) is 15.4. The fourth-order valence-electron chi connectivity index (χ4n) is 3.81. The maximum Gasteiger partial charge on any atom is 0.264 e. The van der Waals surface area contributed by atoms with Gasteiger partial charge in [0.15, 0.2) is 0 Å². The molecule has 2 heterocycles. The summed E-state index contributed by atoms with van der Waals surface area (Å²) in [5, 5.41) is 0. The molecule has 1 atom stereocenters. The number of carbonyl (C=O) groups excluding carboxylic acids is 1. The third kappa shape index (κ3) is 3.96. The van der Waals surface area contributed by atoms with Crippen molar-refractivity contribution in [3.63, 3.8) is 0 Å². The lowest BCUT2D eigenvalue weighted by atomic mass is 9.99. The van der Waals surface area contributed by atoms with Crippen LogP contribution in [0.2, 0.25) is 0 Å². The summed E-state index contributed by atoms with van der Waals surface area (Å²) in [7, 11) is 0. The van der Waals surface area contributed by atoms with Crippen molar-refractivity contribution in [1.82, 2.24) is 4.90 Å². The van der Waals surface area contributed by atoms with Gasteiger partial charge in [0.05, 0.1) is 11.0 Å². The molecule has 0 saturated carbocycles. The Balaban J connectivity index is 1.55. The van der Waals surface area contributed by atoms with Gasteiger partial charge in [-0.05, 0) is 55.7 Å². The van der Waals surface area contributed by atoms with Gasteiger partial charge in [0, 0.05) is 24.6 Å². The van der Waals surface area contributed by atoms with Crippen molar-refractivity contribution in [2.45, 2.75) is 51.2 Å². The SMILES string of the molecule is O=C(c1cc2c(s1)CCCC2)N(Cc1ccccc1)CC1CCCO1. The topological polar surface area (TPSA) is 29.5 Å². The van der Waals surface area contributed by atoms with Crippen molar-refractivity contribution in [1.29, 1.82) is 0 Å². The average Bonchev–Trinajstić information content (AvgIpc) is 3.30. The zero-order chi connectivity index (χ0) is 17.1. The van der Waals surface area contributed by atoms with Gasteiger partial charge < -0.3 is 9.64 Å². The van der Waals surface area contributed by atoms with Crippen molar-refractivity contribution in [3.05, 3.63) is 57.3 Å². The zero-order valence-electron chi connectivity index (χ0n) is 14.6. The summed E-state index contributed by atoms with van der Waals surface area (Å²) in [5.74, 6) is 0.166. The summed E-state index contributed by atoms with van der Waals surface area (Å²) in [6, 6.07) is 12.4. The molecule has 1 aliphatic heterocycles. The van der Waals surface area contributed by atoms with Gasteiger partial charge in [-0.1, -0.05) is 30.3 Å². The number of rotatable bonds is 5. The van der Waals surface area contributed by atoms with Crippen LogP contribution in [0.15, 0.2) is 36.4 Å². The molecule has 4 heteroatoms. The van der Waals surface area contributed by atoms with Crippen LogP contribution < -0.4 is 0 Å². The third-order valence-corrected chi connectivity index (χ3v) is 6.38. The maximum atomic E-state index is 13.2. The normalized spacial score (nSPS) is 19.6. The van der Waals surface area contributed by atoms with Gasteiger partial charge in [-0.15, -0.1) is 11.3 Å². The standard InChI is InChI=1S/C21H25NO2S/c23-21(20-13-17-9-4-5-11-19(17)25-20)22(15-18-10-6-12-24-18)14-16-7-2-1-3-8-16/h1-3,7-8,13,18H,4-6,9-12,14-15H2. The molecule has 0 N–H and O–H groups in total. The Morgan fingerprint density at radius 1 is 1.16 bits per heavy atom. The van der Waals surface area contributed by atoms with E-state index < -0.39 is 0 Å². The molecular formula is C21H25NO2S. The van der Waals surface area contributed by atoms with E-state index in [2.05, 4.69) is 18.2 Å². The summed E-state index contributed by atoms with van der Waals surface area (Å²) in [4.78, 5) is 17.6. The first kappa shape index (κ1) is 16.8. The predicted molar refractivity (Wildman–Crippen MR) is 101 cm³/mol. The van der Waals surface area contributed by atoms with Gasteiger partial charge in [-0.3, -0.25) is 4.79 Å². The number of thiophene rings is 1. The molecule has 1 aliphatic carbocycles. The summed E-state index contributed by atoms with van der Waals surface area (Å²) in [6.07, 6.45) is 7.11. The third-order valence-electron chi connectivity index (χ3n) is 5.16. The molecule has 1 unspecified atom stereocenters. The van der Waals surface area contributed by atoms with Gasteiger partial charge in [0.2, 0.25) is 0 Å². The number of amides is 1. The van der Waals surface area contributed by atoms with Gasteiger partial charge in [-0.25, -0.2) is 0 Å². The highest BCUT2D eigenvalue weighted by molar-refractivity contribution is 7.14. The highest BCUT2D eigenvalue weighted by atomic mass is 32.1. The molecule has 1 saturated heterocycles. The molecule has 4 rings (SSSR count). The Bertz CT molecular complexity index is 695. The first-order valence-electron chi connectivity index (χ1n) is 9.36. The van der Waals surface area contributed by atoms with Crippen LogP contribution in [0.5, 0.6) is 0 Å². The van der Waals surface area contributed by atoms with Crippen LogP contribution in [0.1, 0.15) is 51.4 Å². The van der Waals surface area contributed by atoms with Crippen LogP contribution in [0.4, 0.5) is 0 Å². The Morgan fingerprint density at radius 2 is 2.00 bits per heavy atom. The lowest BCUT2D eigenvalue weighted by Crippen LogP contribution is -2.36. The van der Waals surface area contributed by atoms with Crippen LogP contribution in [0.3, 0.4) is 0 Å². The van der Waals surface area contributed by atoms with Gasteiger partial charge in [-0.2, -0.15) is 0 Å². The van der Waals surface area contributed by atoms with Gasteiger partial charge in [0.1, 0.15) is 0 Å². The quantitative estimate of drug-likeness (QED) is 0.793. The lowest BCUT2D eigenvalue weighted by molar-refractivity contribution is 0.0511. The maximum absolute atomic E-state index is 13.2. The molecule has 0 bridgehead atoms. The second-order valence-electron chi connectivity index (χ2n) is 7.07. The van der Waals surface area contributed by atoms with E-state index in [0.717, 1.165) is 37.2 Å². The lowest BCUT2D eigenvalue weighted by Gasteiger charge is -2.25. The number of benzene rings is 1. The van der Waals surface area contributed by atoms with Crippen molar-refractivity contribution in [2.75, 3.05) is 13.2 Å². The molecule has 1 fully saturated rings. The first-order chi connectivity index (χ1) is 12.3. The predicted octanol–water partition coefficient (Wildman–Crippen LogP) is 4.45. The Morgan fingerprint density at radius 3 is 2.76 bits per heavy atom. The molecule has 25 heavy (non-hydrogen) atoms. The smallest absolute Gasteiger partial charge is 0.264 e. The van der Waals surface area contributed by atoms with E-state index in [1.165, 1.54) is 28.8 Å². The minimum Gasteiger partial charge on any atom is -0.376 e. The first-order valence-corrected chi connectivity index (χ1v) is 10.2. The molecular weight excluding hydrogens is 330 g/mol. The molecule has 2 aromatic rings. The molecule has 1 aromatic heterocycles. The van der Waals surface area contributed by atoms with Crippen LogP contribution in [-0.4, -0.2) is 30.1 Å². The summed E-state index contributed by atoms with van der Waals surface area (Å²) in [5.41, 5.74) is 2.58. The van der Waals surface area contributed by atoms with Gasteiger partial charge in [0.25, 0.3) is 5.91 Å². The van der Waals surface area contributed by atoms with Crippen LogP contribution in [0, 0.1) is 0 Å². The van der Waals surface area contributed by atoms with E-state index >= 15 is 0 Å².